The molecule has 0 aliphatic carbocycles. The first-order valence-electron chi connectivity index (χ1n) is 2.57. The highest BCUT2D eigenvalue weighted by Crippen LogP contribution is 1.90. The van der Waals surface area contributed by atoms with Crippen molar-refractivity contribution >= 4 is 0 Å². The normalized spacial score (nSPS) is 12.6. The van der Waals surface area contributed by atoms with E-state index in [4.69, 9.17) is 5.84 Å². The van der Waals surface area contributed by atoms with Crippen molar-refractivity contribution in [2.45, 2.75) is 13.8 Å². The number of nitrogens with one attached hydrogen (secondary N) is 1. The first-order valence-corrected chi connectivity index (χ1v) is 2.57. The van der Waals surface area contributed by atoms with Gasteiger partial charge >= 0.3 is 0 Å². The first-order chi connectivity index (χ1) is 3.81. The predicted octanol–water partition coefficient (Wildman–Crippen LogP) is 0.930. The number of allylic oxidation sites excluding steroid dienone is 3. The zero-order valence-electron chi connectivity index (χ0n) is 5.31. The maximum absolute atomic E-state index is 4.97. The third kappa shape index (κ3) is 3.43. The molecule has 0 fully saturated rings. The average Bonchev–Trinajstić information content (AvgIpc) is 1.83. The number of hydrogen-bond acceptors (Lipinski definition) is 2. The molecule has 0 spiro atoms. The van der Waals surface area contributed by atoms with Crippen LogP contribution in [0.1, 0.15) is 13.8 Å². The molecule has 0 bridgehead atoms. The molecule has 0 aliphatic heterocycles. The molecule has 0 atom stereocenters. The van der Waals surface area contributed by atoms with Crippen LogP contribution in [0.4, 0.5) is 0 Å². The van der Waals surface area contributed by atoms with E-state index in [-0.39, 0.29) is 0 Å². The van der Waals surface area contributed by atoms with Crippen molar-refractivity contribution < 1.29 is 0 Å². The minimum atomic E-state index is 1.20. The Bertz CT molecular complexity index is 103. The topological polar surface area (TPSA) is 38.0 Å². The van der Waals surface area contributed by atoms with Gasteiger partial charge in [0.1, 0.15) is 0 Å². The summed E-state index contributed by atoms with van der Waals surface area (Å²) >= 11 is 0. The minimum absolute atomic E-state index is 1.20. The average molecular weight is 112 g/mol. The lowest BCUT2D eigenvalue weighted by Crippen LogP contribution is -2.12. The van der Waals surface area contributed by atoms with Crippen LogP contribution in [0.5, 0.6) is 0 Å². The Hall–Kier alpha value is -0.760. The van der Waals surface area contributed by atoms with E-state index in [1.54, 1.807) is 6.20 Å². The standard InChI is InChI=1S/C6H12N2/c1-3-6(2)4-5-8-7/h3-5,8H,7H2,1-2H3/b5-4+,6-3-. The van der Waals surface area contributed by atoms with E-state index in [1.807, 2.05) is 26.0 Å². The van der Waals surface area contributed by atoms with Crippen LogP contribution in [0.2, 0.25) is 0 Å². The molecule has 0 aromatic heterocycles. The smallest absolute Gasteiger partial charge is 0.0125 e. The molecular weight excluding hydrogens is 100 g/mol. The Balaban J connectivity index is 3.53. The monoisotopic (exact) mass is 112 g/mol. The summed E-state index contributed by atoms with van der Waals surface area (Å²) in [4.78, 5) is 0. The SMILES string of the molecule is C/C=C(C)\C=C\NN. The predicted molar refractivity (Wildman–Crippen MR) is 35.9 cm³/mol. The molecule has 0 unspecified atom stereocenters. The number of rotatable bonds is 2. The molecule has 0 heterocycles. The Morgan fingerprint density at radius 1 is 1.62 bits per heavy atom. The van der Waals surface area contributed by atoms with Crippen LogP contribution in [0.15, 0.2) is 23.9 Å². The summed E-state index contributed by atoms with van der Waals surface area (Å²) in [6.07, 6.45) is 5.60. The van der Waals surface area contributed by atoms with Crippen LogP contribution < -0.4 is 11.3 Å². The number of hydrogen-bond donors (Lipinski definition) is 2. The summed E-state index contributed by atoms with van der Waals surface area (Å²) in [5.74, 6) is 4.97. The van der Waals surface area contributed by atoms with Crippen molar-refractivity contribution in [3.05, 3.63) is 23.9 Å². The van der Waals surface area contributed by atoms with Crippen molar-refractivity contribution in [1.82, 2.24) is 5.43 Å². The van der Waals surface area contributed by atoms with Gasteiger partial charge in [-0.3, -0.25) is 5.84 Å². The summed E-state index contributed by atoms with van der Waals surface area (Å²) < 4.78 is 0. The zero-order valence-corrected chi connectivity index (χ0v) is 5.31. The molecular formula is C6H12N2. The van der Waals surface area contributed by atoms with E-state index >= 15 is 0 Å². The van der Waals surface area contributed by atoms with Crippen LogP contribution >= 0.6 is 0 Å². The Kier molecular flexibility index (Phi) is 3.98. The maximum atomic E-state index is 4.97. The van der Waals surface area contributed by atoms with Gasteiger partial charge in [-0.1, -0.05) is 11.6 Å². The van der Waals surface area contributed by atoms with E-state index < -0.39 is 0 Å². The molecule has 0 aromatic rings. The van der Waals surface area contributed by atoms with E-state index in [9.17, 15) is 0 Å². The maximum Gasteiger partial charge on any atom is 0.0125 e. The lowest BCUT2D eigenvalue weighted by molar-refractivity contribution is 0.966. The van der Waals surface area contributed by atoms with Crippen molar-refractivity contribution in [3.63, 3.8) is 0 Å². The van der Waals surface area contributed by atoms with E-state index in [2.05, 4.69) is 5.43 Å². The van der Waals surface area contributed by atoms with Crippen molar-refractivity contribution in [1.29, 1.82) is 0 Å². The van der Waals surface area contributed by atoms with Gasteiger partial charge in [0.25, 0.3) is 0 Å². The van der Waals surface area contributed by atoms with Crippen molar-refractivity contribution in [3.8, 4) is 0 Å². The van der Waals surface area contributed by atoms with Crippen LogP contribution in [0.3, 0.4) is 0 Å². The summed E-state index contributed by atoms with van der Waals surface area (Å²) in [6, 6.07) is 0. The molecule has 0 aliphatic rings. The second kappa shape index (κ2) is 4.40. The van der Waals surface area contributed by atoms with Gasteiger partial charge in [0.05, 0.1) is 0 Å². The highest BCUT2D eigenvalue weighted by Gasteiger charge is 1.71. The summed E-state index contributed by atoms with van der Waals surface area (Å²) in [6.45, 7) is 3.99. The second-order valence-electron chi connectivity index (χ2n) is 1.53. The molecule has 0 aromatic carbocycles. The largest absolute Gasteiger partial charge is 0.331 e. The molecule has 0 saturated heterocycles. The Labute approximate surface area is 50.0 Å². The molecule has 3 N–H and O–H groups in total. The third-order valence-corrected chi connectivity index (χ3v) is 0.898. The highest BCUT2D eigenvalue weighted by molar-refractivity contribution is 5.13. The van der Waals surface area contributed by atoms with Gasteiger partial charge in [-0.15, -0.1) is 0 Å². The van der Waals surface area contributed by atoms with Crippen LogP contribution in [-0.2, 0) is 0 Å². The molecule has 0 amide bonds. The first kappa shape index (κ1) is 7.24. The molecule has 8 heavy (non-hydrogen) atoms. The molecule has 0 saturated carbocycles. The van der Waals surface area contributed by atoms with Gasteiger partial charge in [0.2, 0.25) is 0 Å². The van der Waals surface area contributed by atoms with Crippen molar-refractivity contribution in [2.24, 2.45) is 5.84 Å². The van der Waals surface area contributed by atoms with E-state index in [0.717, 1.165) is 0 Å². The molecule has 0 rings (SSSR count). The fraction of sp³-hybridized carbons (Fsp3) is 0.333. The summed E-state index contributed by atoms with van der Waals surface area (Å²) in [5.41, 5.74) is 3.61. The molecule has 2 nitrogen and oxygen atoms in total. The van der Waals surface area contributed by atoms with E-state index in [0.29, 0.717) is 0 Å². The Morgan fingerprint density at radius 2 is 2.25 bits per heavy atom. The van der Waals surface area contributed by atoms with Crippen LogP contribution in [0, 0.1) is 0 Å². The quantitative estimate of drug-likeness (QED) is 0.317. The summed E-state index contributed by atoms with van der Waals surface area (Å²) in [7, 11) is 0. The lowest BCUT2D eigenvalue weighted by atomic mass is 10.3. The van der Waals surface area contributed by atoms with Gasteiger partial charge < -0.3 is 5.43 Å². The fourth-order valence-corrected chi connectivity index (χ4v) is 0.276. The fourth-order valence-electron chi connectivity index (χ4n) is 0.276. The third-order valence-electron chi connectivity index (χ3n) is 0.898. The van der Waals surface area contributed by atoms with Gasteiger partial charge in [-0.25, -0.2) is 0 Å². The lowest BCUT2D eigenvalue weighted by Gasteiger charge is -1.86. The van der Waals surface area contributed by atoms with Gasteiger partial charge in [-0.05, 0) is 19.9 Å². The number of nitrogens with two attached hydrogens (primary N) is 1. The van der Waals surface area contributed by atoms with Crippen molar-refractivity contribution in [2.75, 3.05) is 0 Å². The zero-order chi connectivity index (χ0) is 6.41. The van der Waals surface area contributed by atoms with E-state index in [1.165, 1.54) is 5.57 Å². The Morgan fingerprint density at radius 3 is 2.62 bits per heavy atom. The molecule has 2 heteroatoms. The minimum Gasteiger partial charge on any atom is -0.331 e. The highest BCUT2D eigenvalue weighted by atomic mass is 15.2. The van der Waals surface area contributed by atoms with Crippen LogP contribution in [-0.4, -0.2) is 0 Å². The van der Waals surface area contributed by atoms with Crippen LogP contribution in [0.25, 0.3) is 0 Å². The van der Waals surface area contributed by atoms with Gasteiger partial charge in [0, 0.05) is 6.20 Å². The van der Waals surface area contributed by atoms with Gasteiger partial charge in [-0.2, -0.15) is 0 Å². The second-order valence-corrected chi connectivity index (χ2v) is 1.53. The molecule has 46 valence electrons. The summed E-state index contributed by atoms with van der Waals surface area (Å²) in [5, 5.41) is 0. The molecule has 0 radical (unpaired) electrons. The van der Waals surface area contributed by atoms with Gasteiger partial charge in [0.15, 0.2) is 0 Å². The number of hydrazine groups is 1.